The predicted octanol–water partition coefficient (Wildman–Crippen LogP) is 2.33. The first kappa shape index (κ1) is 8.12. The highest BCUT2D eigenvalue weighted by Crippen LogP contribution is 2.09. The van der Waals surface area contributed by atoms with Gasteiger partial charge in [0.05, 0.1) is 0 Å². The molecule has 0 atom stereocenters. The van der Waals surface area contributed by atoms with E-state index in [1.165, 1.54) is 12.1 Å². The molecule has 0 aliphatic heterocycles. The van der Waals surface area contributed by atoms with Gasteiger partial charge >= 0.3 is 0 Å². The fourth-order valence-corrected chi connectivity index (χ4v) is 1.08. The van der Waals surface area contributed by atoms with Crippen LogP contribution in [0.2, 0.25) is 0 Å². The smallest absolute Gasteiger partial charge is 0.0444 e. The van der Waals surface area contributed by atoms with Crippen LogP contribution in [0.15, 0.2) is 24.3 Å². The van der Waals surface area contributed by atoms with Crippen LogP contribution in [-0.4, -0.2) is 13.6 Å². The molecule has 59 valence electrons. The van der Waals surface area contributed by atoms with Gasteiger partial charge in [-0.1, -0.05) is 25.1 Å². The van der Waals surface area contributed by atoms with Crippen molar-refractivity contribution in [3.05, 3.63) is 30.3 Å². The molecule has 0 saturated heterocycles. The lowest BCUT2D eigenvalue weighted by molar-refractivity contribution is 0.852. The van der Waals surface area contributed by atoms with Crippen LogP contribution in [0.4, 0.5) is 5.69 Å². The van der Waals surface area contributed by atoms with Crippen LogP contribution in [0.1, 0.15) is 13.3 Å². The molecule has 1 heteroatoms. The highest BCUT2D eigenvalue weighted by molar-refractivity contribution is 5.43. The number of nitrogens with zero attached hydrogens (tertiary/aromatic N) is 1. The summed E-state index contributed by atoms with van der Waals surface area (Å²) in [6.07, 6.45) is 1.18. The van der Waals surface area contributed by atoms with Crippen LogP contribution >= 0.6 is 0 Å². The summed E-state index contributed by atoms with van der Waals surface area (Å²) in [5, 5.41) is 0. The standard InChI is InChI=1S/C10H14N/c1-3-9-11(2)10-7-5-4-6-8-10/h4-7H,3,9H2,1-2H3. The molecule has 0 aliphatic carbocycles. The summed E-state index contributed by atoms with van der Waals surface area (Å²) in [6.45, 7) is 3.28. The molecule has 0 bridgehead atoms. The van der Waals surface area contributed by atoms with E-state index in [1.807, 2.05) is 18.2 Å². The minimum atomic E-state index is 1.10. The molecular formula is C10H14N. The van der Waals surface area contributed by atoms with E-state index in [0.29, 0.717) is 0 Å². The van der Waals surface area contributed by atoms with Crippen molar-refractivity contribution < 1.29 is 0 Å². The molecule has 0 spiro atoms. The van der Waals surface area contributed by atoms with E-state index >= 15 is 0 Å². The van der Waals surface area contributed by atoms with Crippen molar-refractivity contribution in [2.24, 2.45) is 0 Å². The van der Waals surface area contributed by atoms with Gasteiger partial charge in [0.2, 0.25) is 0 Å². The second-order valence-electron chi connectivity index (χ2n) is 2.67. The van der Waals surface area contributed by atoms with Crippen LogP contribution in [0.25, 0.3) is 0 Å². The van der Waals surface area contributed by atoms with Crippen molar-refractivity contribution in [1.82, 2.24) is 0 Å². The summed E-state index contributed by atoms with van der Waals surface area (Å²) in [5.41, 5.74) is 1.18. The molecule has 0 heterocycles. The molecule has 11 heavy (non-hydrogen) atoms. The third kappa shape index (κ3) is 2.26. The molecule has 0 fully saturated rings. The largest absolute Gasteiger partial charge is 0.374 e. The number of para-hydroxylation sites is 1. The van der Waals surface area contributed by atoms with Crippen molar-refractivity contribution in [3.63, 3.8) is 0 Å². The fraction of sp³-hybridized carbons (Fsp3) is 0.400. The number of benzene rings is 1. The van der Waals surface area contributed by atoms with E-state index in [9.17, 15) is 0 Å². The van der Waals surface area contributed by atoms with Crippen LogP contribution in [0, 0.1) is 6.07 Å². The van der Waals surface area contributed by atoms with E-state index in [1.54, 1.807) is 0 Å². The van der Waals surface area contributed by atoms with Gasteiger partial charge in [0.25, 0.3) is 0 Å². The Labute approximate surface area is 68.7 Å². The number of rotatable bonds is 3. The summed E-state index contributed by atoms with van der Waals surface area (Å²) < 4.78 is 0. The maximum atomic E-state index is 3.18. The summed E-state index contributed by atoms with van der Waals surface area (Å²) in [4.78, 5) is 2.21. The van der Waals surface area contributed by atoms with Crippen LogP contribution in [-0.2, 0) is 0 Å². The minimum absolute atomic E-state index is 1.10. The molecule has 0 N–H and O–H groups in total. The maximum absolute atomic E-state index is 3.18. The Hall–Kier alpha value is -0.980. The van der Waals surface area contributed by atoms with Gasteiger partial charge in [-0.25, -0.2) is 0 Å². The second kappa shape index (κ2) is 4.02. The van der Waals surface area contributed by atoms with Crippen molar-refractivity contribution in [2.75, 3.05) is 18.5 Å². The number of hydrogen-bond donors (Lipinski definition) is 0. The van der Waals surface area contributed by atoms with Crippen molar-refractivity contribution in [1.29, 1.82) is 0 Å². The van der Waals surface area contributed by atoms with Gasteiger partial charge in [0, 0.05) is 25.3 Å². The molecule has 1 nitrogen and oxygen atoms in total. The van der Waals surface area contributed by atoms with Crippen LogP contribution < -0.4 is 4.90 Å². The summed E-state index contributed by atoms with van der Waals surface area (Å²) >= 11 is 0. The zero-order valence-corrected chi connectivity index (χ0v) is 7.17. The quantitative estimate of drug-likeness (QED) is 0.636. The first-order valence-corrected chi connectivity index (χ1v) is 4.02. The molecule has 1 aromatic carbocycles. The fourth-order valence-electron chi connectivity index (χ4n) is 1.08. The van der Waals surface area contributed by atoms with Crippen LogP contribution in [0.3, 0.4) is 0 Å². The van der Waals surface area contributed by atoms with E-state index in [-0.39, 0.29) is 0 Å². The zero-order valence-electron chi connectivity index (χ0n) is 7.17. The van der Waals surface area contributed by atoms with Crippen molar-refractivity contribution in [2.45, 2.75) is 13.3 Å². The van der Waals surface area contributed by atoms with Gasteiger partial charge in [0.15, 0.2) is 0 Å². The van der Waals surface area contributed by atoms with Crippen molar-refractivity contribution in [3.8, 4) is 0 Å². The lowest BCUT2D eigenvalue weighted by atomic mass is 10.3. The average Bonchev–Trinajstić information content (AvgIpc) is 2.07. The third-order valence-electron chi connectivity index (χ3n) is 1.66. The Balaban J connectivity index is 2.61. The third-order valence-corrected chi connectivity index (χ3v) is 1.66. The highest BCUT2D eigenvalue weighted by Gasteiger charge is 1.95. The Kier molecular flexibility index (Phi) is 2.96. The molecule has 1 aromatic rings. The Bertz CT molecular complexity index is 193. The Morgan fingerprint density at radius 2 is 2.27 bits per heavy atom. The molecular weight excluding hydrogens is 134 g/mol. The second-order valence-corrected chi connectivity index (χ2v) is 2.67. The molecule has 1 radical (unpaired) electrons. The summed E-state index contributed by atoms with van der Waals surface area (Å²) in [7, 11) is 2.09. The molecule has 0 aliphatic rings. The maximum Gasteiger partial charge on any atom is 0.0444 e. The van der Waals surface area contributed by atoms with Gasteiger partial charge in [0.1, 0.15) is 0 Å². The van der Waals surface area contributed by atoms with E-state index in [0.717, 1.165) is 6.54 Å². The van der Waals surface area contributed by atoms with E-state index < -0.39 is 0 Å². The monoisotopic (exact) mass is 148 g/mol. The van der Waals surface area contributed by atoms with Gasteiger partial charge in [-0.15, -0.1) is 0 Å². The molecule has 1 rings (SSSR count). The molecule has 0 unspecified atom stereocenters. The average molecular weight is 148 g/mol. The number of anilines is 1. The van der Waals surface area contributed by atoms with E-state index in [4.69, 9.17) is 0 Å². The topological polar surface area (TPSA) is 3.24 Å². The Morgan fingerprint density at radius 1 is 1.45 bits per heavy atom. The highest BCUT2D eigenvalue weighted by atomic mass is 15.1. The van der Waals surface area contributed by atoms with Crippen molar-refractivity contribution >= 4 is 5.69 Å². The summed E-state index contributed by atoms with van der Waals surface area (Å²) in [5.74, 6) is 0. The molecule has 0 aromatic heterocycles. The first-order chi connectivity index (χ1) is 5.34. The first-order valence-electron chi connectivity index (χ1n) is 4.02. The van der Waals surface area contributed by atoms with Gasteiger partial charge < -0.3 is 4.90 Å². The normalized spacial score (nSPS) is 9.64. The van der Waals surface area contributed by atoms with Gasteiger partial charge in [-0.3, -0.25) is 0 Å². The molecule has 0 saturated carbocycles. The molecule has 0 amide bonds. The Morgan fingerprint density at radius 3 is 2.82 bits per heavy atom. The van der Waals surface area contributed by atoms with Gasteiger partial charge in [-0.05, 0) is 12.5 Å². The lowest BCUT2D eigenvalue weighted by Crippen LogP contribution is -2.17. The van der Waals surface area contributed by atoms with Crippen LogP contribution in [0.5, 0.6) is 0 Å². The number of hydrogen-bond acceptors (Lipinski definition) is 1. The predicted molar refractivity (Wildman–Crippen MR) is 48.8 cm³/mol. The van der Waals surface area contributed by atoms with Gasteiger partial charge in [-0.2, -0.15) is 0 Å². The summed E-state index contributed by atoms with van der Waals surface area (Å²) in [6, 6.07) is 11.2. The minimum Gasteiger partial charge on any atom is -0.374 e. The zero-order chi connectivity index (χ0) is 8.10. The lowest BCUT2D eigenvalue weighted by Gasteiger charge is -2.17. The SMILES string of the molecule is CCCN(C)c1[c]cccc1. The van der Waals surface area contributed by atoms with E-state index in [2.05, 4.69) is 31.0 Å².